The zero-order valence-electron chi connectivity index (χ0n) is 4.85. The van der Waals surface area contributed by atoms with Gasteiger partial charge in [-0.3, -0.25) is 9.59 Å². The van der Waals surface area contributed by atoms with Crippen molar-refractivity contribution in [2.45, 2.75) is 0 Å². The number of likely N-dealkylation sites (N-methyl/N-ethyl adjacent to an activating group) is 1. The monoisotopic (exact) mass is 147 g/mol. The van der Waals surface area contributed by atoms with Crippen LogP contribution in [0.3, 0.4) is 0 Å². The van der Waals surface area contributed by atoms with E-state index in [1.54, 1.807) is 0 Å². The Hall–Kier alpha value is -0.830. The molecule has 0 fully saturated rings. The van der Waals surface area contributed by atoms with Crippen molar-refractivity contribution in [1.29, 1.82) is 0 Å². The van der Waals surface area contributed by atoms with Crippen molar-refractivity contribution in [1.82, 2.24) is 5.32 Å². The first-order valence-electron chi connectivity index (χ1n) is 2.25. The minimum absolute atomic E-state index is 0.103. The summed E-state index contributed by atoms with van der Waals surface area (Å²) in [7, 11) is 1.51. The summed E-state index contributed by atoms with van der Waals surface area (Å²) in [5, 5.41) is 1.79. The SMILES string of the molecule is CN/C(=C/C=O)C(=O)Cl. The maximum absolute atomic E-state index is 10.2. The summed E-state index contributed by atoms with van der Waals surface area (Å²) in [6.45, 7) is 0. The second kappa shape index (κ2) is 4.09. The highest BCUT2D eigenvalue weighted by atomic mass is 35.5. The van der Waals surface area contributed by atoms with Crippen LogP contribution in [0.5, 0.6) is 0 Å². The van der Waals surface area contributed by atoms with Gasteiger partial charge in [-0.15, -0.1) is 0 Å². The van der Waals surface area contributed by atoms with E-state index >= 15 is 0 Å². The predicted octanol–water partition coefficient (Wildman–Crippen LogP) is 0.0540. The summed E-state index contributed by atoms with van der Waals surface area (Å²) < 4.78 is 0. The fraction of sp³-hybridized carbons (Fsp3) is 0.200. The van der Waals surface area contributed by atoms with Crippen LogP contribution in [0.15, 0.2) is 11.8 Å². The molecule has 4 heteroatoms. The van der Waals surface area contributed by atoms with E-state index in [9.17, 15) is 9.59 Å². The Labute approximate surface area is 57.7 Å². The highest BCUT2D eigenvalue weighted by Gasteiger charge is 1.99. The third-order valence-electron chi connectivity index (χ3n) is 0.716. The van der Waals surface area contributed by atoms with Crippen molar-refractivity contribution in [3.8, 4) is 0 Å². The molecule has 50 valence electrons. The smallest absolute Gasteiger partial charge is 0.268 e. The van der Waals surface area contributed by atoms with E-state index in [1.165, 1.54) is 7.05 Å². The van der Waals surface area contributed by atoms with Crippen LogP contribution < -0.4 is 5.32 Å². The van der Waals surface area contributed by atoms with Crippen LogP contribution >= 0.6 is 11.6 Å². The Morgan fingerprint density at radius 2 is 2.22 bits per heavy atom. The molecule has 0 saturated carbocycles. The molecular weight excluding hydrogens is 142 g/mol. The topological polar surface area (TPSA) is 46.2 Å². The standard InChI is InChI=1S/C5H6ClNO2/c1-7-4(2-3-8)5(6)9/h2-3,7H,1H3/b4-2+. The number of hydrogen-bond donors (Lipinski definition) is 1. The first-order chi connectivity index (χ1) is 4.22. The maximum atomic E-state index is 10.2. The van der Waals surface area contributed by atoms with Gasteiger partial charge in [0.15, 0.2) is 0 Å². The molecule has 0 bridgehead atoms. The third-order valence-corrected chi connectivity index (χ3v) is 0.919. The summed E-state index contributed by atoms with van der Waals surface area (Å²) in [6, 6.07) is 0. The summed E-state index contributed by atoms with van der Waals surface area (Å²) in [5.74, 6) is 0. The molecule has 0 aromatic rings. The molecule has 0 saturated heterocycles. The number of carbonyl (C=O) groups excluding carboxylic acids is 2. The molecule has 0 aromatic heterocycles. The van der Waals surface area contributed by atoms with Crippen LogP contribution in [0, 0.1) is 0 Å². The largest absolute Gasteiger partial charge is 0.384 e. The molecule has 0 atom stereocenters. The van der Waals surface area contributed by atoms with Crippen molar-refractivity contribution in [2.75, 3.05) is 7.05 Å². The molecule has 0 aromatic carbocycles. The molecule has 0 spiro atoms. The Morgan fingerprint density at radius 3 is 2.33 bits per heavy atom. The summed E-state index contributed by atoms with van der Waals surface area (Å²) >= 11 is 4.99. The second-order valence-electron chi connectivity index (χ2n) is 1.24. The molecule has 0 aliphatic rings. The minimum atomic E-state index is -0.662. The lowest BCUT2D eigenvalue weighted by Crippen LogP contribution is -2.11. The van der Waals surface area contributed by atoms with Crippen LogP contribution in [0.1, 0.15) is 0 Å². The van der Waals surface area contributed by atoms with Crippen LogP contribution in [0.25, 0.3) is 0 Å². The zero-order valence-corrected chi connectivity index (χ0v) is 5.61. The van der Waals surface area contributed by atoms with E-state index < -0.39 is 5.24 Å². The predicted molar refractivity (Wildman–Crippen MR) is 34.1 cm³/mol. The lowest BCUT2D eigenvalue weighted by molar-refractivity contribution is -0.109. The number of allylic oxidation sites excluding steroid dienone is 2. The van der Waals surface area contributed by atoms with Crippen molar-refractivity contribution < 1.29 is 9.59 Å². The molecule has 0 rings (SSSR count). The number of carbonyl (C=O) groups is 2. The Kier molecular flexibility index (Phi) is 3.71. The summed E-state index contributed by atoms with van der Waals surface area (Å²) in [6.07, 6.45) is 1.56. The molecule has 3 nitrogen and oxygen atoms in total. The average Bonchev–Trinajstić information content (AvgIpc) is 1.82. The van der Waals surface area contributed by atoms with E-state index in [2.05, 4.69) is 5.32 Å². The molecule has 0 amide bonds. The third kappa shape index (κ3) is 2.87. The molecule has 0 unspecified atom stereocenters. The van der Waals surface area contributed by atoms with Gasteiger partial charge in [-0.05, 0) is 11.6 Å². The Bertz CT molecular complexity index is 153. The van der Waals surface area contributed by atoms with Crippen LogP contribution in [-0.4, -0.2) is 18.6 Å². The van der Waals surface area contributed by atoms with Gasteiger partial charge in [0.25, 0.3) is 5.24 Å². The minimum Gasteiger partial charge on any atom is -0.384 e. The van der Waals surface area contributed by atoms with Crippen molar-refractivity contribution in [3.63, 3.8) is 0 Å². The van der Waals surface area contributed by atoms with Gasteiger partial charge in [0.05, 0.1) is 5.70 Å². The van der Waals surface area contributed by atoms with Crippen LogP contribution in [-0.2, 0) is 9.59 Å². The fourth-order valence-corrected chi connectivity index (χ4v) is 0.473. The van der Waals surface area contributed by atoms with Gasteiger partial charge in [0.1, 0.15) is 6.29 Å². The molecule has 0 radical (unpaired) electrons. The number of hydrogen-bond acceptors (Lipinski definition) is 3. The first kappa shape index (κ1) is 8.17. The molecule has 9 heavy (non-hydrogen) atoms. The Morgan fingerprint density at radius 1 is 1.67 bits per heavy atom. The van der Waals surface area contributed by atoms with Crippen molar-refractivity contribution >= 4 is 23.1 Å². The van der Waals surface area contributed by atoms with Gasteiger partial charge in [0.2, 0.25) is 0 Å². The molecule has 0 heterocycles. The van der Waals surface area contributed by atoms with Gasteiger partial charge in [-0.25, -0.2) is 0 Å². The Balaban J connectivity index is 4.14. The molecule has 0 aliphatic heterocycles. The lowest BCUT2D eigenvalue weighted by Gasteiger charge is -1.94. The van der Waals surface area contributed by atoms with Gasteiger partial charge in [-0.2, -0.15) is 0 Å². The highest BCUT2D eigenvalue weighted by molar-refractivity contribution is 6.67. The van der Waals surface area contributed by atoms with Crippen molar-refractivity contribution in [3.05, 3.63) is 11.8 Å². The summed E-state index contributed by atoms with van der Waals surface area (Å²) in [4.78, 5) is 20.0. The quantitative estimate of drug-likeness (QED) is 0.349. The molecule has 1 N–H and O–H groups in total. The zero-order chi connectivity index (χ0) is 7.28. The average molecular weight is 148 g/mol. The maximum Gasteiger partial charge on any atom is 0.268 e. The van der Waals surface area contributed by atoms with Gasteiger partial charge in [-0.1, -0.05) is 0 Å². The van der Waals surface area contributed by atoms with E-state index in [0.717, 1.165) is 6.08 Å². The van der Waals surface area contributed by atoms with Gasteiger partial charge >= 0.3 is 0 Å². The summed E-state index contributed by atoms with van der Waals surface area (Å²) in [5.41, 5.74) is 0.103. The molecule has 0 aliphatic carbocycles. The van der Waals surface area contributed by atoms with E-state index in [0.29, 0.717) is 6.29 Å². The van der Waals surface area contributed by atoms with E-state index in [4.69, 9.17) is 11.6 Å². The van der Waals surface area contributed by atoms with Crippen molar-refractivity contribution in [2.24, 2.45) is 0 Å². The first-order valence-corrected chi connectivity index (χ1v) is 2.63. The fourth-order valence-electron chi connectivity index (χ4n) is 0.315. The van der Waals surface area contributed by atoms with Crippen LogP contribution in [0.2, 0.25) is 0 Å². The van der Waals surface area contributed by atoms with Crippen LogP contribution in [0.4, 0.5) is 0 Å². The number of halogens is 1. The number of rotatable bonds is 3. The number of aldehydes is 1. The normalized spacial score (nSPS) is 10.7. The van der Waals surface area contributed by atoms with Gasteiger partial charge in [0, 0.05) is 13.1 Å². The second-order valence-corrected chi connectivity index (χ2v) is 1.58. The highest BCUT2D eigenvalue weighted by Crippen LogP contribution is 1.91. The number of nitrogens with one attached hydrogen (secondary N) is 1. The van der Waals surface area contributed by atoms with Gasteiger partial charge < -0.3 is 5.32 Å². The van der Waals surface area contributed by atoms with E-state index in [1.807, 2.05) is 0 Å². The van der Waals surface area contributed by atoms with E-state index in [-0.39, 0.29) is 5.70 Å². The lowest BCUT2D eigenvalue weighted by atomic mass is 10.4. The molecular formula is C5H6ClNO2.